The average molecular weight is 238 g/mol. The van der Waals surface area contributed by atoms with Gasteiger partial charge < -0.3 is 4.74 Å². The second kappa shape index (κ2) is 4.49. The summed E-state index contributed by atoms with van der Waals surface area (Å²) < 4.78 is 42.7. The molecule has 0 radical (unpaired) electrons. The number of benzene rings is 2. The molecule has 1 nitrogen and oxygen atoms in total. The molecule has 0 heterocycles. The van der Waals surface area contributed by atoms with Crippen LogP contribution in [0.3, 0.4) is 0 Å². The van der Waals surface area contributed by atoms with Gasteiger partial charge in [-0.3, -0.25) is 0 Å². The molecule has 0 saturated carbocycles. The molecule has 0 saturated heterocycles. The second-order valence-electron chi connectivity index (χ2n) is 3.44. The third-order valence-electron chi connectivity index (χ3n) is 2.14. The van der Waals surface area contributed by atoms with Gasteiger partial charge in [0.2, 0.25) is 0 Å². The number of hydrogen-bond acceptors (Lipinski definition) is 1. The standard InChI is InChI=1S/C13H9F3O/c14-13(15,16)10-5-4-8-12(9-10)17-11-6-2-1-3-7-11/h1-9H. The highest BCUT2D eigenvalue weighted by Crippen LogP contribution is 2.32. The zero-order chi connectivity index (χ0) is 12.3. The molecule has 2 aromatic carbocycles. The van der Waals surface area contributed by atoms with Crippen molar-refractivity contribution in [1.29, 1.82) is 0 Å². The van der Waals surface area contributed by atoms with Crippen LogP contribution in [0.25, 0.3) is 0 Å². The molecule has 0 aliphatic carbocycles. The summed E-state index contributed by atoms with van der Waals surface area (Å²) in [4.78, 5) is 0. The highest BCUT2D eigenvalue weighted by molar-refractivity contribution is 5.34. The van der Waals surface area contributed by atoms with Crippen LogP contribution in [0.1, 0.15) is 5.56 Å². The topological polar surface area (TPSA) is 9.23 Å². The fourth-order valence-electron chi connectivity index (χ4n) is 1.36. The van der Waals surface area contributed by atoms with Crippen LogP contribution in [0.5, 0.6) is 11.5 Å². The summed E-state index contributed by atoms with van der Waals surface area (Å²) in [7, 11) is 0. The van der Waals surface area contributed by atoms with Crippen LogP contribution in [0.15, 0.2) is 54.6 Å². The molecule has 0 unspecified atom stereocenters. The van der Waals surface area contributed by atoms with Crippen LogP contribution in [-0.2, 0) is 6.18 Å². The molecule has 0 N–H and O–H groups in total. The lowest BCUT2D eigenvalue weighted by Gasteiger charge is -2.09. The Morgan fingerprint density at radius 2 is 1.41 bits per heavy atom. The van der Waals surface area contributed by atoms with Gasteiger partial charge in [0, 0.05) is 0 Å². The molecule has 2 aromatic rings. The summed E-state index contributed by atoms with van der Waals surface area (Å²) in [5, 5.41) is 0. The quantitative estimate of drug-likeness (QED) is 0.748. The van der Waals surface area contributed by atoms with Crippen molar-refractivity contribution >= 4 is 0 Å². The highest BCUT2D eigenvalue weighted by atomic mass is 19.4. The summed E-state index contributed by atoms with van der Waals surface area (Å²) in [6.07, 6.45) is -4.35. The predicted molar refractivity (Wildman–Crippen MR) is 58.0 cm³/mol. The fourth-order valence-corrected chi connectivity index (χ4v) is 1.36. The first-order valence-electron chi connectivity index (χ1n) is 4.96. The van der Waals surface area contributed by atoms with Gasteiger partial charge in [0.25, 0.3) is 0 Å². The number of alkyl halides is 3. The molecule has 0 aromatic heterocycles. The molecule has 0 aliphatic rings. The molecule has 17 heavy (non-hydrogen) atoms. The van der Waals surface area contributed by atoms with Crippen LogP contribution >= 0.6 is 0 Å². The maximum Gasteiger partial charge on any atom is 0.416 e. The Morgan fingerprint density at radius 1 is 0.765 bits per heavy atom. The summed E-state index contributed by atoms with van der Waals surface area (Å²) in [6.45, 7) is 0. The van der Waals surface area contributed by atoms with Crippen molar-refractivity contribution in [1.82, 2.24) is 0 Å². The van der Waals surface area contributed by atoms with Crippen molar-refractivity contribution in [2.24, 2.45) is 0 Å². The summed E-state index contributed by atoms with van der Waals surface area (Å²) in [5.41, 5.74) is -0.717. The Hall–Kier alpha value is -1.97. The first-order chi connectivity index (χ1) is 8.05. The zero-order valence-corrected chi connectivity index (χ0v) is 8.74. The Labute approximate surface area is 96.5 Å². The lowest BCUT2D eigenvalue weighted by molar-refractivity contribution is -0.137. The first-order valence-corrected chi connectivity index (χ1v) is 4.96. The predicted octanol–water partition coefficient (Wildman–Crippen LogP) is 4.50. The highest BCUT2D eigenvalue weighted by Gasteiger charge is 2.30. The van der Waals surface area contributed by atoms with Gasteiger partial charge in [0.15, 0.2) is 0 Å². The van der Waals surface area contributed by atoms with E-state index in [-0.39, 0.29) is 5.75 Å². The van der Waals surface area contributed by atoms with E-state index in [1.165, 1.54) is 12.1 Å². The van der Waals surface area contributed by atoms with Gasteiger partial charge >= 0.3 is 6.18 Å². The van der Waals surface area contributed by atoms with Crippen molar-refractivity contribution in [2.75, 3.05) is 0 Å². The van der Waals surface area contributed by atoms with E-state index >= 15 is 0 Å². The smallest absolute Gasteiger partial charge is 0.416 e. The monoisotopic (exact) mass is 238 g/mol. The van der Waals surface area contributed by atoms with Crippen LogP contribution in [0.2, 0.25) is 0 Å². The van der Waals surface area contributed by atoms with E-state index in [0.717, 1.165) is 12.1 Å². The minimum atomic E-state index is -4.35. The van der Waals surface area contributed by atoms with Gasteiger partial charge in [0.05, 0.1) is 5.56 Å². The maximum atomic E-state index is 12.5. The summed E-state index contributed by atoms with van der Waals surface area (Å²) >= 11 is 0. The van der Waals surface area contributed by atoms with Crippen molar-refractivity contribution in [3.63, 3.8) is 0 Å². The van der Waals surface area contributed by atoms with E-state index in [9.17, 15) is 13.2 Å². The van der Waals surface area contributed by atoms with Crippen LogP contribution in [0, 0.1) is 0 Å². The molecule has 0 aliphatic heterocycles. The van der Waals surface area contributed by atoms with Crippen LogP contribution in [-0.4, -0.2) is 0 Å². The summed E-state index contributed by atoms with van der Waals surface area (Å²) in [6, 6.07) is 13.5. The molecule has 88 valence electrons. The maximum absolute atomic E-state index is 12.5. The zero-order valence-electron chi connectivity index (χ0n) is 8.74. The van der Waals surface area contributed by atoms with Crippen molar-refractivity contribution in [2.45, 2.75) is 6.18 Å². The molecular formula is C13H9F3O. The van der Waals surface area contributed by atoms with Gasteiger partial charge in [-0.1, -0.05) is 24.3 Å². The van der Waals surface area contributed by atoms with Gasteiger partial charge in [-0.15, -0.1) is 0 Å². The fraction of sp³-hybridized carbons (Fsp3) is 0.0769. The third-order valence-corrected chi connectivity index (χ3v) is 2.14. The largest absolute Gasteiger partial charge is 0.457 e. The van der Waals surface area contributed by atoms with E-state index < -0.39 is 11.7 Å². The molecular weight excluding hydrogens is 229 g/mol. The SMILES string of the molecule is FC(F)(F)c1cccc(Oc2ccccc2)c1. The van der Waals surface area contributed by atoms with E-state index in [1.54, 1.807) is 30.3 Å². The van der Waals surface area contributed by atoms with E-state index in [0.29, 0.717) is 5.75 Å². The van der Waals surface area contributed by atoms with E-state index in [1.807, 2.05) is 0 Å². The lowest BCUT2D eigenvalue weighted by atomic mass is 10.2. The van der Waals surface area contributed by atoms with Gasteiger partial charge in [0.1, 0.15) is 11.5 Å². The van der Waals surface area contributed by atoms with Crippen molar-refractivity contribution in [3.05, 3.63) is 60.2 Å². The minimum Gasteiger partial charge on any atom is -0.457 e. The van der Waals surface area contributed by atoms with E-state index in [2.05, 4.69) is 0 Å². The molecule has 4 heteroatoms. The first kappa shape index (κ1) is 11.5. The van der Waals surface area contributed by atoms with E-state index in [4.69, 9.17) is 4.74 Å². The Bertz CT molecular complexity index is 492. The number of rotatable bonds is 2. The van der Waals surface area contributed by atoms with Gasteiger partial charge in [-0.25, -0.2) is 0 Å². The van der Waals surface area contributed by atoms with Crippen molar-refractivity contribution in [3.8, 4) is 11.5 Å². The summed E-state index contributed by atoms with van der Waals surface area (Å²) in [5.74, 6) is 0.679. The third kappa shape index (κ3) is 3.00. The molecule has 2 rings (SSSR count). The van der Waals surface area contributed by atoms with Gasteiger partial charge in [-0.05, 0) is 30.3 Å². The number of para-hydroxylation sites is 1. The Kier molecular flexibility index (Phi) is 3.04. The van der Waals surface area contributed by atoms with Crippen LogP contribution in [0.4, 0.5) is 13.2 Å². The van der Waals surface area contributed by atoms with Crippen molar-refractivity contribution < 1.29 is 17.9 Å². The Balaban J connectivity index is 2.23. The van der Waals surface area contributed by atoms with Gasteiger partial charge in [-0.2, -0.15) is 13.2 Å². The average Bonchev–Trinajstić information content (AvgIpc) is 2.29. The molecule has 0 fully saturated rings. The molecule has 0 amide bonds. The number of hydrogen-bond donors (Lipinski definition) is 0. The lowest BCUT2D eigenvalue weighted by Crippen LogP contribution is -2.04. The minimum absolute atomic E-state index is 0.172. The number of ether oxygens (including phenoxy) is 1. The van der Waals surface area contributed by atoms with Crippen LogP contribution < -0.4 is 4.74 Å². The Morgan fingerprint density at radius 3 is 2.06 bits per heavy atom. The number of halogens is 3. The molecule has 0 spiro atoms. The molecule has 0 atom stereocenters. The molecule has 0 bridgehead atoms. The normalized spacial score (nSPS) is 11.2. The second-order valence-corrected chi connectivity index (χ2v) is 3.44.